The summed E-state index contributed by atoms with van der Waals surface area (Å²) in [7, 11) is 1.78. The van der Waals surface area contributed by atoms with E-state index in [4.69, 9.17) is 16.6 Å². The monoisotopic (exact) mass is 245 g/mol. The Labute approximate surface area is 100 Å². The summed E-state index contributed by atoms with van der Waals surface area (Å²) in [5.41, 5.74) is 0.878. The van der Waals surface area contributed by atoms with Gasteiger partial charge in [0, 0.05) is 13.6 Å². The van der Waals surface area contributed by atoms with E-state index in [2.05, 4.69) is 28.2 Å². The third kappa shape index (κ3) is 4.09. The molecule has 0 bridgehead atoms. The van der Waals surface area contributed by atoms with E-state index in [9.17, 15) is 0 Å². The number of oxazole rings is 1. The first-order chi connectivity index (χ1) is 7.13. The molecule has 1 atom stereocenters. The maximum atomic E-state index is 5.25. The molecule has 1 unspecified atom stereocenters. The first-order valence-electron chi connectivity index (χ1n) is 4.69. The lowest BCUT2D eigenvalue weighted by Crippen LogP contribution is -2.33. The molecule has 15 heavy (non-hydrogen) atoms. The Morgan fingerprint density at radius 3 is 3.00 bits per heavy atom. The number of aromatic nitrogens is 1. The van der Waals surface area contributed by atoms with Gasteiger partial charge in [-0.15, -0.1) is 0 Å². The zero-order valence-corrected chi connectivity index (χ0v) is 10.5. The molecule has 1 heterocycles. The number of aryl methyl sites for hydroxylation is 1. The van der Waals surface area contributed by atoms with Gasteiger partial charge in [0.05, 0.1) is 10.9 Å². The molecule has 84 valence electrons. The smallest absolute Gasteiger partial charge is 0.207 e. The van der Waals surface area contributed by atoms with E-state index in [1.54, 1.807) is 13.3 Å². The van der Waals surface area contributed by atoms with Gasteiger partial charge in [-0.25, -0.2) is 4.98 Å². The van der Waals surface area contributed by atoms with Gasteiger partial charge < -0.3 is 15.1 Å². The van der Waals surface area contributed by atoms with E-state index in [0.717, 1.165) is 18.7 Å². The maximum absolute atomic E-state index is 5.25. The van der Waals surface area contributed by atoms with Crippen LogP contribution in [-0.2, 0) is 0 Å². The Hall–Kier alpha value is -0.750. The van der Waals surface area contributed by atoms with Crippen molar-refractivity contribution in [2.45, 2.75) is 18.6 Å². The van der Waals surface area contributed by atoms with E-state index in [1.165, 1.54) is 0 Å². The number of thiocarbonyl (C=S) groups is 1. The van der Waals surface area contributed by atoms with Gasteiger partial charge in [-0.1, -0.05) is 0 Å². The van der Waals surface area contributed by atoms with Crippen molar-refractivity contribution in [3.05, 3.63) is 17.8 Å². The number of thiol groups is 1. The second kappa shape index (κ2) is 5.97. The van der Waals surface area contributed by atoms with E-state index < -0.39 is 0 Å². The molecule has 6 heteroatoms. The van der Waals surface area contributed by atoms with Crippen LogP contribution in [-0.4, -0.2) is 23.7 Å². The van der Waals surface area contributed by atoms with E-state index in [-0.39, 0.29) is 5.25 Å². The second-order valence-electron chi connectivity index (χ2n) is 3.14. The fourth-order valence-corrected chi connectivity index (χ4v) is 1.41. The lowest BCUT2D eigenvalue weighted by molar-refractivity contribution is 0.482. The van der Waals surface area contributed by atoms with Crippen LogP contribution < -0.4 is 10.6 Å². The number of hydrogen-bond acceptors (Lipinski definition) is 4. The van der Waals surface area contributed by atoms with Crippen molar-refractivity contribution in [2.24, 2.45) is 0 Å². The molecule has 1 aromatic rings. The van der Waals surface area contributed by atoms with Crippen molar-refractivity contribution in [3.8, 4) is 0 Å². The molecule has 0 saturated carbocycles. The normalized spacial score (nSPS) is 12.2. The molecule has 0 fully saturated rings. The molecule has 0 saturated heterocycles. The summed E-state index contributed by atoms with van der Waals surface area (Å²) in [6.45, 7) is 2.64. The van der Waals surface area contributed by atoms with Crippen molar-refractivity contribution in [2.75, 3.05) is 13.6 Å². The highest BCUT2D eigenvalue weighted by Gasteiger charge is 2.11. The van der Waals surface area contributed by atoms with E-state index in [1.807, 2.05) is 6.92 Å². The standard InChI is InChI=1S/C9H15N3OS2/c1-6-5-13-8(12-6)7(14)3-4-11-9(15)10-2/h5,7,14H,3-4H2,1-2H3,(H2,10,11,15). The molecular weight excluding hydrogens is 230 g/mol. The van der Waals surface area contributed by atoms with Crippen molar-refractivity contribution < 1.29 is 4.42 Å². The predicted octanol–water partition coefficient (Wildman–Crippen LogP) is 1.44. The van der Waals surface area contributed by atoms with Crippen LogP contribution in [0.2, 0.25) is 0 Å². The van der Waals surface area contributed by atoms with Crippen LogP contribution >= 0.6 is 24.8 Å². The minimum absolute atomic E-state index is 0.00542. The van der Waals surface area contributed by atoms with E-state index in [0.29, 0.717) is 11.0 Å². The van der Waals surface area contributed by atoms with Crippen LogP contribution in [0.15, 0.2) is 10.7 Å². The topological polar surface area (TPSA) is 50.1 Å². The molecule has 0 spiro atoms. The average Bonchev–Trinajstić information content (AvgIpc) is 2.64. The molecule has 4 nitrogen and oxygen atoms in total. The molecule has 0 aliphatic rings. The van der Waals surface area contributed by atoms with Crippen LogP contribution in [0.1, 0.15) is 23.3 Å². The first kappa shape index (κ1) is 12.3. The number of nitrogens with zero attached hydrogens (tertiary/aromatic N) is 1. The lowest BCUT2D eigenvalue weighted by Gasteiger charge is -2.09. The summed E-state index contributed by atoms with van der Waals surface area (Å²) in [6, 6.07) is 0. The lowest BCUT2D eigenvalue weighted by atomic mass is 10.3. The minimum Gasteiger partial charge on any atom is -0.448 e. The summed E-state index contributed by atoms with van der Waals surface area (Å²) in [6.07, 6.45) is 2.44. The molecule has 0 amide bonds. The predicted molar refractivity (Wildman–Crippen MR) is 67.2 cm³/mol. The van der Waals surface area contributed by atoms with Gasteiger partial charge in [0.1, 0.15) is 6.26 Å². The Balaban J connectivity index is 2.30. The Morgan fingerprint density at radius 1 is 1.73 bits per heavy atom. The third-order valence-corrected chi connectivity index (χ3v) is 2.68. The molecule has 0 aliphatic carbocycles. The van der Waals surface area contributed by atoms with Gasteiger partial charge >= 0.3 is 0 Å². The maximum Gasteiger partial charge on any atom is 0.207 e. The number of nitrogens with one attached hydrogen (secondary N) is 2. The molecule has 2 N–H and O–H groups in total. The first-order valence-corrected chi connectivity index (χ1v) is 5.61. The Bertz CT molecular complexity index is 327. The summed E-state index contributed by atoms with van der Waals surface area (Å²) in [5.74, 6) is 0.660. The highest BCUT2D eigenvalue weighted by atomic mass is 32.1. The minimum atomic E-state index is 0.00542. The van der Waals surface area contributed by atoms with Crippen molar-refractivity contribution in [1.29, 1.82) is 0 Å². The fourth-order valence-electron chi connectivity index (χ4n) is 1.06. The zero-order chi connectivity index (χ0) is 11.3. The SMILES string of the molecule is CNC(=S)NCCC(S)c1nc(C)co1. The number of rotatable bonds is 4. The number of hydrogen-bond donors (Lipinski definition) is 3. The van der Waals surface area contributed by atoms with Gasteiger partial charge in [0.2, 0.25) is 5.89 Å². The summed E-state index contributed by atoms with van der Waals surface area (Å²) >= 11 is 9.35. The zero-order valence-electron chi connectivity index (χ0n) is 8.78. The Kier molecular flexibility index (Phi) is 4.90. The quantitative estimate of drug-likeness (QED) is 0.553. The molecule has 1 rings (SSSR count). The Morgan fingerprint density at radius 2 is 2.47 bits per heavy atom. The van der Waals surface area contributed by atoms with E-state index >= 15 is 0 Å². The van der Waals surface area contributed by atoms with Crippen molar-refractivity contribution in [3.63, 3.8) is 0 Å². The molecule has 1 aromatic heterocycles. The third-order valence-electron chi connectivity index (χ3n) is 1.85. The van der Waals surface area contributed by atoms with Gasteiger partial charge in [-0.2, -0.15) is 12.6 Å². The molecule has 0 aliphatic heterocycles. The van der Waals surface area contributed by atoms with Crippen LogP contribution in [0, 0.1) is 6.92 Å². The van der Waals surface area contributed by atoms with Crippen LogP contribution in [0.25, 0.3) is 0 Å². The average molecular weight is 245 g/mol. The molecule has 0 radical (unpaired) electrons. The van der Waals surface area contributed by atoms with Gasteiger partial charge in [-0.05, 0) is 25.6 Å². The van der Waals surface area contributed by atoms with Crippen molar-refractivity contribution >= 4 is 30.0 Å². The summed E-state index contributed by atoms with van der Waals surface area (Å²) < 4.78 is 5.25. The highest BCUT2D eigenvalue weighted by molar-refractivity contribution is 7.80. The van der Waals surface area contributed by atoms with Crippen LogP contribution in [0.5, 0.6) is 0 Å². The largest absolute Gasteiger partial charge is 0.448 e. The van der Waals surface area contributed by atoms with Crippen LogP contribution in [0.3, 0.4) is 0 Å². The van der Waals surface area contributed by atoms with Crippen molar-refractivity contribution in [1.82, 2.24) is 15.6 Å². The highest BCUT2D eigenvalue weighted by Crippen LogP contribution is 2.21. The summed E-state index contributed by atoms with van der Waals surface area (Å²) in [5, 5.41) is 6.52. The fraction of sp³-hybridized carbons (Fsp3) is 0.556. The van der Waals surface area contributed by atoms with Crippen LogP contribution in [0.4, 0.5) is 0 Å². The van der Waals surface area contributed by atoms with Gasteiger partial charge in [0.15, 0.2) is 5.11 Å². The van der Waals surface area contributed by atoms with Gasteiger partial charge in [0.25, 0.3) is 0 Å². The second-order valence-corrected chi connectivity index (χ2v) is 4.17. The molecule has 0 aromatic carbocycles. The van der Waals surface area contributed by atoms with Gasteiger partial charge in [-0.3, -0.25) is 0 Å². The molecular formula is C9H15N3OS2. The summed E-state index contributed by atoms with van der Waals surface area (Å²) in [4.78, 5) is 4.21.